The van der Waals surface area contributed by atoms with E-state index in [0.717, 1.165) is 25.1 Å². The zero-order valence-corrected chi connectivity index (χ0v) is 12.2. The molecular weight excluding hydrogens is 240 g/mol. The van der Waals surface area contributed by atoms with Gasteiger partial charge in [0.2, 0.25) is 0 Å². The molecule has 0 atom stereocenters. The normalized spacial score (nSPS) is 11.1. The summed E-state index contributed by atoms with van der Waals surface area (Å²) in [5.41, 5.74) is 2.00. The highest BCUT2D eigenvalue weighted by Gasteiger charge is 2.09. The molecule has 4 nitrogen and oxygen atoms in total. The Labute approximate surface area is 115 Å². The van der Waals surface area contributed by atoms with Gasteiger partial charge in [0.1, 0.15) is 0 Å². The average Bonchev–Trinajstić information content (AvgIpc) is 2.35. The molecule has 0 aliphatic heterocycles. The van der Waals surface area contributed by atoms with Crippen LogP contribution in [0.4, 0.5) is 5.69 Å². The van der Waals surface area contributed by atoms with E-state index in [1.54, 1.807) is 6.07 Å². The highest BCUT2D eigenvalue weighted by Crippen LogP contribution is 2.17. The predicted octanol–water partition coefficient (Wildman–Crippen LogP) is 2.84. The van der Waals surface area contributed by atoms with Gasteiger partial charge in [0.15, 0.2) is 0 Å². The molecule has 2 N–H and O–H groups in total. The Hall–Kier alpha value is -1.55. The van der Waals surface area contributed by atoms with Gasteiger partial charge >= 0.3 is 5.97 Å². The largest absolute Gasteiger partial charge is 0.478 e. The monoisotopic (exact) mass is 264 g/mol. The molecule has 0 spiro atoms. The van der Waals surface area contributed by atoms with Crippen molar-refractivity contribution in [1.82, 2.24) is 4.90 Å². The highest BCUT2D eigenvalue weighted by molar-refractivity contribution is 5.94. The zero-order valence-electron chi connectivity index (χ0n) is 12.2. The first-order valence-corrected chi connectivity index (χ1v) is 6.70. The number of hydrogen-bond acceptors (Lipinski definition) is 3. The van der Waals surface area contributed by atoms with E-state index in [1.807, 2.05) is 19.1 Å². The number of carbonyl (C=O) groups is 1. The van der Waals surface area contributed by atoms with Crippen molar-refractivity contribution < 1.29 is 9.90 Å². The van der Waals surface area contributed by atoms with Crippen molar-refractivity contribution in [3.63, 3.8) is 0 Å². The summed E-state index contributed by atoms with van der Waals surface area (Å²) in [5, 5.41) is 12.4. The van der Waals surface area contributed by atoms with Gasteiger partial charge in [0, 0.05) is 18.3 Å². The first kappa shape index (κ1) is 15.5. The van der Waals surface area contributed by atoms with Crippen LogP contribution < -0.4 is 5.32 Å². The van der Waals surface area contributed by atoms with Crippen LogP contribution in [0.5, 0.6) is 0 Å². The summed E-state index contributed by atoms with van der Waals surface area (Å²) in [5.74, 6) is -0.884. The molecule has 106 valence electrons. The first-order chi connectivity index (χ1) is 8.91. The van der Waals surface area contributed by atoms with Crippen molar-refractivity contribution >= 4 is 11.7 Å². The molecule has 1 rings (SSSR count). The average molecular weight is 264 g/mol. The van der Waals surface area contributed by atoms with Crippen LogP contribution in [0.15, 0.2) is 18.2 Å². The molecule has 1 aromatic rings. The fourth-order valence-electron chi connectivity index (χ4n) is 1.80. The van der Waals surface area contributed by atoms with Gasteiger partial charge in [0.05, 0.1) is 5.56 Å². The molecule has 0 saturated carbocycles. The molecule has 0 unspecified atom stereocenters. The third-order valence-electron chi connectivity index (χ3n) is 3.29. The lowest BCUT2D eigenvalue weighted by molar-refractivity contribution is 0.0698. The second-order valence-electron chi connectivity index (χ2n) is 5.21. The van der Waals surface area contributed by atoms with Crippen molar-refractivity contribution in [3.8, 4) is 0 Å². The summed E-state index contributed by atoms with van der Waals surface area (Å²) >= 11 is 0. The van der Waals surface area contributed by atoms with Crippen LogP contribution in [0.1, 0.15) is 36.2 Å². The van der Waals surface area contributed by atoms with Crippen LogP contribution in [0, 0.1) is 6.92 Å². The summed E-state index contributed by atoms with van der Waals surface area (Å²) < 4.78 is 0. The predicted molar refractivity (Wildman–Crippen MR) is 79.0 cm³/mol. The van der Waals surface area contributed by atoms with Gasteiger partial charge in [-0.15, -0.1) is 0 Å². The number of nitrogens with one attached hydrogen (secondary N) is 1. The van der Waals surface area contributed by atoms with Crippen LogP contribution in [0.2, 0.25) is 0 Å². The fraction of sp³-hybridized carbons (Fsp3) is 0.533. The number of aryl methyl sites for hydroxylation is 1. The maximum absolute atomic E-state index is 11.2. The molecule has 0 heterocycles. The standard InChI is InChI=1S/C15H24N2O2/c1-11(2)17(4)9-5-8-16-14-7-6-12(3)10-13(14)15(18)19/h6-7,10-11,16H,5,8-9H2,1-4H3,(H,18,19). The summed E-state index contributed by atoms with van der Waals surface area (Å²) in [6.07, 6.45) is 0.988. The molecule has 0 radical (unpaired) electrons. The quantitative estimate of drug-likeness (QED) is 0.744. The van der Waals surface area contributed by atoms with Gasteiger partial charge in [0.25, 0.3) is 0 Å². The van der Waals surface area contributed by atoms with Gasteiger partial charge in [-0.1, -0.05) is 11.6 Å². The van der Waals surface area contributed by atoms with Crippen LogP contribution in [0.3, 0.4) is 0 Å². The first-order valence-electron chi connectivity index (χ1n) is 6.70. The maximum atomic E-state index is 11.2. The minimum atomic E-state index is -0.884. The van der Waals surface area contributed by atoms with Crippen molar-refractivity contribution in [2.75, 3.05) is 25.5 Å². The van der Waals surface area contributed by atoms with E-state index in [1.165, 1.54) is 0 Å². The molecule has 1 aromatic carbocycles. The maximum Gasteiger partial charge on any atom is 0.337 e. The lowest BCUT2D eigenvalue weighted by Gasteiger charge is -2.21. The van der Waals surface area contributed by atoms with Gasteiger partial charge in [-0.05, 0) is 52.9 Å². The van der Waals surface area contributed by atoms with E-state index < -0.39 is 5.97 Å². The van der Waals surface area contributed by atoms with Gasteiger partial charge in [-0.3, -0.25) is 0 Å². The van der Waals surface area contributed by atoms with E-state index in [4.69, 9.17) is 5.11 Å². The van der Waals surface area contributed by atoms with Crippen LogP contribution >= 0.6 is 0 Å². The smallest absolute Gasteiger partial charge is 0.337 e. The number of rotatable bonds is 7. The number of hydrogen-bond donors (Lipinski definition) is 2. The molecule has 0 saturated heterocycles. The molecule has 0 fully saturated rings. The number of aromatic carboxylic acids is 1. The second kappa shape index (κ2) is 7.14. The van der Waals surface area contributed by atoms with Crippen LogP contribution in [0.25, 0.3) is 0 Å². The van der Waals surface area contributed by atoms with Crippen molar-refractivity contribution in [2.45, 2.75) is 33.2 Å². The van der Waals surface area contributed by atoms with E-state index in [0.29, 0.717) is 17.3 Å². The highest BCUT2D eigenvalue weighted by atomic mass is 16.4. The van der Waals surface area contributed by atoms with Gasteiger partial charge < -0.3 is 15.3 Å². The fourth-order valence-corrected chi connectivity index (χ4v) is 1.80. The molecular formula is C15H24N2O2. The Balaban J connectivity index is 2.52. The molecule has 0 bridgehead atoms. The SMILES string of the molecule is Cc1ccc(NCCCN(C)C(C)C)c(C(=O)O)c1. The molecule has 0 aliphatic carbocycles. The lowest BCUT2D eigenvalue weighted by atomic mass is 10.1. The Kier molecular flexibility index (Phi) is 5.83. The Morgan fingerprint density at radius 1 is 1.42 bits per heavy atom. The zero-order chi connectivity index (χ0) is 14.4. The molecule has 0 amide bonds. The number of nitrogens with zero attached hydrogens (tertiary/aromatic N) is 1. The minimum absolute atomic E-state index is 0.345. The molecule has 0 aliphatic rings. The third kappa shape index (κ3) is 4.91. The summed E-state index contributed by atoms with van der Waals surface area (Å²) in [4.78, 5) is 13.4. The van der Waals surface area contributed by atoms with Crippen molar-refractivity contribution in [1.29, 1.82) is 0 Å². The number of benzene rings is 1. The Morgan fingerprint density at radius 2 is 2.11 bits per heavy atom. The van der Waals surface area contributed by atoms with Crippen LogP contribution in [-0.2, 0) is 0 Å². The Morgan fingerprint density at radius 3 is 2.68 bits per heavy atom. The molecule has 19 heavy (non-hydrogen) atoms. The van der Waals surface area contributed by atoms with Crippen molar-refractivity contribution in [3.05, 3.63) is 29.3 Å². The molecule has 4 heteroatoms. The number of carboxylic acid groups (broad SMARTS) is 1. The summed E-state index contributed by atoms with van der Waals surface area (Å²) in [6, 6.07) is 6.00. The van der Waals surface area contributed by atoms with E-state index in [2.05, 4.69) is 31.1 Å². The Bertz CT molecular complexity index is 430. The topological polar surface area (TPSA) is 52.6 Å². The third-order valence-corrected chi connectivity index (χ3v) is 3.29. The van der Waals surface area contributed by atoms with Gasteiger partial charge in [-0.2, -0.15) is 0 Å². The van der Waals surface area contributed by atoms with E-state index >= 15 is 0 Å². The minimum Gasteiger partial charge on any atom is -0.478 e. The second-order valence-corrected chi connectivity index (χ2v) is 5.21. The van der Waals surface area contributed by atoms with Gasteiger partial charge in [-0.25, -0.2) is 4.79 Å². The summed E-state index contributed by atoms with van der Waals surface area (Å²) in [7, 11) is 2.10. The lowest BCUT2D eigenvalue weighted by Crippen LogP contribution is -2.28. The van der Waals surface area contributed by atoms with Crippen LogP contribution in [-0.4, -0.2) is 42.2 Å². The van der Waals surface area contributed by atoms with E-state index in [9.17, 15) is 4.79 Å². The molecule has 0 aromatic heterocycles. The number of anilines is 1. The van der Waals surface area contributed by atoms with Crippen molar-refractivity contribution in [2.24, 2.45) is 0 Å². The summed E-state index contributed by atoms with van der Waals surface area (Å²) in [6.45, 7) is 8.00. The number of carboxylic acids is 1. The van der Waals surface area contributed by atoms with E-state index in [-0.39, 0.29) is 0 Å².